The van der Waals surface area contributed by atoms with E-state index < -0.39 is 5.60 Å². The van der Waals surface area contributed by atoms with Gasteiger partial charge in [-0.1, -0.05) is 119 Å². The second-order valence-corrected chi connectivity index (χ2v) is 9.85. The highest BCUT2D eigenvalue weighted by atomic mass is 35.5. The fourth-order valence-corrected chi connectivity index (χ4v) is 4.80. The highest BCUT2D eigenvalue weighted by Gasteiger charge is 2.32. The first-order chi connectivity index (χ1) is 15.0. The summed E-state index contributed by atoms with van der Waals surface area (Å²) in [5.41, 5.74) is -0.404. The molecule has 1 N–H and O–H groups in total. The summed E-state index contributed by atoms with van der Waals surface area (Å²) in [5, 5.41) is 16.8. The first kappa shape index (κ1) is 28.1. The number of aromatic nitrogens is 3. The summed E-state index contributed by atoms with van der Waals surface area (Å²) in [6, 6.07) is 5.16. The fraction of sp³-hybridized carbons (Fsp3) is 0.300. The average Bonchev–Trinajstić information content (AvgIpc) is 3.26. The van der Waals surface area contributed by atoms with Gasteiger partial charge in [-0.3, -0.25) is 0 Å². The third kappa shape index (κ3) is 6.94. The SMILES string of the molecule is CCCCC(O)(Cn1cncn1)c1ccc(Cl)cc1Cl.Clc1c(Cl)c(Cl)c(Cl)c(Cl)c1Cl. The van der Waals surface area contributed by atoms with Gasteiger partial charge >= 0.3 is 0 Å². The molecule has 32 heavy (non-hydrogen) atoms. The Morgan fingerprint density at radius 1 is 0.875 bits per heavy atom. The molecular weight excluding hydrogens is 582 g/mol. The van der Waals surface area contributed by atoms with Gasteiger partial charge in [-0.05, 0) is 18.6 Å². The van der Waals surface area contributed by atoms with Crippen LogP contribution in [0.3, 0.4) is 0 Å². The molecule has 1 aromatic heterocycles. The number of hydrogen-bond acceptors (Lipinski definition) is 3. The van der Waals surface area contributed by atoms with Crippen molar-refractivity contribution >= 4 is 92.8 Å². The largest absolute Gasteiger partial charge is 0.383 e. The van der Waals surface area contributed by atoms with Crippen LogP contribution in [0.2, 0.25) is 40.2 Å². The summed E-state index contributed by atoms with van der Waals surface area (Å²) < 4.78 is 1.61. The van der Waals surface area contributed by atoms with Gasteiger partial charge in [-0.25, -0.2) is 9.67 Å². The summed E-state index contributed by atoms with van der Waals surface area (Å²) in [4.78, 5) is 3.90. The number of rotatable bonds is 6. The van der Waals surface area contributed by atoms with Crippen LogP contribution in [0.25, 0.3) is 0 Å². The number of benzene rings is 2. The van der Waals surface area contributed by atoms with Crippen LogP contribution >= 0.6 is 92.8 Å². The van der Waals surface area contributed by atoms with E-state index in [1.54, 1.807) is 29.2 Å². The summed E-state index contributed by atoms with van der Waals surface area (Å²) in [5.74, 6) is 0. The third-order valence-electron chi connectivity index (χ3n) is 4.42. The molecule has 0 saturated heterocycles. The van der Waals surface area contributed by atoms with Crippen molar-refractivity contribution < 1.29 is 5.11 Å². The Morgan fingerprint density at radius 2 is 1.41 bits per heavy atom. The summed E-state index contributed by atoms with van der Waals surface area (Å²) in [6.45, 7) is 2.40. The van der Waals surface area contributed by atoms with Crippen molar-refractivity contribution in [2.75, 3.05) is 0 Å². The van der Waals surface area contributed by atoms with Crippen LogP contribution in [-0.4, -0.2) is 19.9 Å². The molecule has 0 aliphatic carbocycles. The maximum absolute atomic E-state index is 11.0. The first-order valence-corrected chi connectivity index (χ1v) is 12.2. The predicted molar refractivity (Wildman–Crippen MR) is 136 cm³/mol. The molecule has 0 amide bonds. The van der Waals surface area contributed by atoms with E-state index in [-0.39, 0.29) is 30.1 Å². The number of unbranched alkanes of at least 4 members (excludes halogenated alkanes) is 1. The summed E-state index contributed by atoms with van der Waals surface area (Å²) in [7, 11) is 0. The highest BCUT2D eigenvalue weighted by molar-refractivity contribution is 6.59. The monoisotopic (exact) mass is 595 g/mol. The van der Waals surface area contributed by atoms with E-state index >= 15 is 0 Å². The lowest BCUT2D eigenvalue weighted by atomic mass is 9.88. The molecule has 0 aliphatic heterocycles. The lowest BCUT2D eigenvalue weighted by molar-refractivity contribution is 0.00429. The quantitative estimate of drug-likeness (QED) is 0.227. The number of halogens is 8. The van der Waals surface area contributed by atoms with Crippen LogP contribution < -0.4 is 0 Å². The van der Waals surface area contributed by atoms with Crippen LogP contribution in [0.15, 0.2) is 30.9 Å². The third-order valence-corrected chi connectivity index (χ3v) is 7.82. The van der Waals surface area contributed by atoms with Crippen molar-refractivity contribution in [2.24, 2.45) is 0 Å². The van der Waals surface area contributed by atoms with E-state index in [0.29, 0.717) is 28.6 Å². The molecule has 1 atom stereocenters. The van der Waals surface area contributed by atoms with Crippen molar-refractivity contribution in [3.8, 4) is 0 Å². The van der Waals surface area contributed by atoms with Gasteiger partial charge in [0.1, 0.15) is 18.3 Å². The van der Waals surface area contributed by atoms with Gasteiger partial charge in [0.2, 0.25) is 0 Å². The van der Waals surface area contributed by atoms with Crippen LogP contribution in [0.5, 0.6) is 0 Å². The summed E-state index contributed by atoms with van der Waals surface area (Å²) >= 11 is 46.2. The molecule has 3 rings (SSSR count). The van der Waals surface area contributed by atoms with Crippen molar-refractivity contribution in [3.05, 3.63) is 76.6 Å². The number of aliphatic hydroxyl groups is 1. The van der Waals surface area contributed by atoms with Crippen LogP contribution in [0.4, 0.5) is 0 Å². The van der Waals surface area contributed by atoms with Crippen molar-refractivity contribution in [1.29, 1.82) is 0 Å². The zero-order valence-electron chi connectivity index (χ0n) is 16.5. The van der Waals surface area contributed by atoms with E-state index in [1.807, 2.05) is 0 Å². The number of nitrogens with zero attached hydrogens (tertiary/aromatic N) is 3. The standard InChI is InChI=1S/C14H17Cl2N3O.C6Cl6/c1-2-3-6-14(20,8-19-10-17-9-18-19)12-5-4-11(15)7-13(12)16;7-1-2(8)4(10)6(12)5(11)3(1)9/h4-5,7,9-10,20H,2-3,6,8H2,1H3;. The van der Waals surface area contributed by atoms with E-state index in [2.05, 4.69) is 17.0 Å². The normalized spacial score (nSPS) is 12.8. The fourth-order valence-electron chi connectivity index (χ4n) is 2.80. The van der Waals surface area contributed by atoms with Gasteiger partial charge in [0, 0.05) is 15.6 Å². The molecule has 0 saturated carbocycles. The van der Waals surface area contributed by atoms with Gasteiger partial charge < -0.3 is 5.11 Å². The minimum atomic E-state index is -1.08. The van der Waals surface area contributed by atoms with Crippen LogP contribution in [-0.2, 0) is 12.1 Å². The minimum absolute atomic E-state index is 0.109. The molecule has 0 aliphatic rings. The molecule has 0 bridgehead atoms. The molecule has 12 heteroatoms. The Kier molecular flexibility index (Phi) is 11.0. The topological polar surface area (TPSA) is 50.9 Å². The maximum atomic E-state index is 11.0. The average molecular weight is 599 g/mol. The number of hydrogen-bond donors (Lipinski definition) is 1. The van der Waals surface area contributed by atoms with Crippen molar-refractivity contribution in [2.45, 2.75) is 38.3 Å². The summed E-state index contributed by atoms with van der Waals surface area (Å²) in [6.07, 6.45) is 5.52. The smallest absolute Gasteiger partial charge is 0.137 e. The van der Waals surface area contributed by atoms with Crippen molar-refractivity contribution in [1.82, 2.24) is 14.8 Å². The molecule has 3 aromatic rings. The molecular formula is C20H17Cl8N3O. The lowest BCUT2D eigenvalue weighted by Crippen LogP contribution is -2.32. The Hall–Kier alpha value is -0.140. The molecule has 0 spiro atoms. The van der Waals surface area contributed by atoms with Crippen LogP contribution in [0.1, 0.15) is 31.7 Å². The second-order valence-electron chi connectivity index (χ2n) is 6.74. The van der Waals surface area contributed by atoms with Gasteiger partial charge in [-0.2, -0.15) is 5.10 Å². The maximum Gasteiger partial charge on any atom is 0.137 e. The molecule has 174 valence electrons. The predicted octanol–water partition coefficient (Wildman–Crippen LogP) is 9.27. The first-order valence-electron chi connectivity index (χ1n) is 9.19. The van der Waals surface area contributed by atoms with Gasteiger partial charge in [-0.15, -0.1) is 0 Å². The van der Waals surface area contributed by atoms with E-state index in [9.17, 15) is 5.11 Å². The van der Waals surface area contributed by atoms with Gasteiger partial charge in [0.25, 0.3) is 0 Å². The zero-order valence-corrected chi connectivity index (χ0v) is 22.6. The van der Waals surface area contributed by atoms with Crippen molar-refractivity contribution in [3.63, 3.8) is 0 Å². The molecule has 0 radical (unpaired) electrons. The van der Waals surface area contributed by atoms with Gasteiger partial charge in [0.15, 0.2) is 0 Å². The minimum Gasteiger partial charge on any atom is -0.383 e. The second kappa shape index (κ2) is 12.5. The highest BCUT2D eigenvalue weighted by Crippen LogP contribution is 2.46. The Labute approximate surface area is 226 Å². The molecule has 1 unspecified atom stereocenters. The van der Waals surface area contributed by atoms with Gasteiger partial charge in [0.05, 0.1) is 36.7 Å². The molecule has 1 heterocycles. The Morgan fingerprint density at radius 3 is 1.81 bits per heavy atom. The van der Waals surface area contributed by atoms with E-state index in [1.165, 1.54) is 6.33 Å². The molecule has 4 nitrogen and oxygen atoms in total. The Bertz CT molecular complexity index is 956. The molecule has 2 aromatic carbocycles. The van der Waals surface area contributed by atoms with E-state index in [0.717, 1.165) is 12.8 Å². The van der Waals surface area contributed by atoms with E-state index in [4.69, 9.17) is 92.8 Å². The lowest BCUT2D eigenvalue weighted by Gasteiger charge is -2.29. The molecule has 0 fully saturated rings. The van der Waals surface area contributed by atoms with Crippen LogP contribution in [0, 0.1) is 0 Å². The zero-order chi connectivity index (χ0) is 24.1. The Balaban J connectivity index is 0.000000258.